The van der Waals surface area contributed by atoms with Crippen molar-refractivity contribution >= 4 is 5.91 Å². The van der Waals surface area contributed by atoms with Crippen molar-refractivity contribution in [2.75, 3.05) is 13.7 Å². The molecule has 7 heteroatoms. The largest absolute Gasteiger partial charge is 0.493 e. The highest BCUT2D eigenvalue weighted by atomic mass is 19.3. The number of nitrogens with one attached hydrogen (secondary N) is 1. The van der Waals surface area contributed by atoms with Gasteiger partial charge in [-0.25, -0.2) is 0 Å². The molecule has 1 amide bonds. The third kappa shape index (κ3) is 4.34. The normalized spacial score (nSPS) is 11.3. The molecule has 3 N–H and O–H groups in total. The van der Waals surface area contributed by atoms with E-state index in [0.717, 1.165) is 0 Å². The van der Waals surface area contributed by atoms with Crippen LogP contribution in [-0.2, 0) is 0 Å². The van der Waals surface area contributed by atoms with Crippen LogP contribution in [-0.4, -0.2) is 31.7 Å². The van der Waals surface area contributed by atoms with Crippen molar-refractivity contribution in [3.63, 3.8) is 0 Å². The van der Waals surface area contributed by atoms with E-state index >= 15 is 0 Å². The lowest BCUT2D eigenvalue weighted by Crippen LogP contribution is -2.48. The van der Waals surface area contributed by atoms with Gasteiger partial charge < -0.3 is 20.5 Å². The predicted molar refractivity (Wildman–Crippen MR) is 70.2 cm³/mol. The maximum atomic E-state index is 12.2. The quantitative estimate of drug-likeness (QED) is 0.836. The summed E-state index contributed by atoms with van der Waals surface area (Å²) in [6.07, 6.45) is 0. The van der Waals surface area contributed by atoms with E-state index in [4.69, 9.17) is 10.5 Å². The molecule has 112 valence electrons. The number of benzene rings is 1. The first kappa shape index (κ1) is 16.2. The van der Waals surface area contributed by atoms with Gasteiger partial charge in [0.15, 0.2) is 11.5 Å². The molecule has 0 bridgehead atoms. The van der Waals surface area contributed by atoms with E-state index in [-0.39, 0.29) is 29.5 Å². The minimum absolute atomic E-state index is 0.0588. The first-order valence-electron chi connectivity index (χ1n) is 5.94. The minimum atomic E-state index is -2.96. The second-order valence-corrected chi connectivity index (χ2v) is 4.79. The Kier molecular flexibility index (Phi) is 5.26. The van der Waals surface area contributed by atoms with Crippen LogP contribution in [0.5, 0.6) is 11.5 Å². The first-order valence-corrected chi connectivity index (χ1v) is 5.94. The van der Waals surface area contributed by atoms with Crippen molar-refractivity contribution in [2.24, 2.45) is 5.73 Å². The van der Waals surface area contributed by atoms with Crippen LogP contribution in [0.1, 0.15) is 24.2 Å². The summed E-state index contributed by atoms with van der Waals surface area (Å²) in [6.45, 7) is 0.856. The third-order valence-electron chi connectivity index (χ3n) is 2.60. The average molecular weight is 288 g/mol. The molecule has 1 aromatic rings. The van der Waals surface area contributed by atoms with Gasteiger partial charge in [-0.15, -0.1) is 0 Å². The number of nitrogens with two attached hydrogens (primary N) is 1. The van der Waals surface area contributed by atoms with Gasteiger partial charge in [0.25, 0.3) is 5.91 Å². The topological polar surface area (TPSA) is 73.6 Å². The monoisotopic (exact) mass is 288 g/mol. The lowest BCUT2D eigenvalue weighted by atomic mass is 10.1. The van der Waals surface area contributed by atoms with Gasteiger partial charge in [0.1, 0.15) is 0 Å². The average Bonchev–Trinajstić information content (AvgIpc) is 2.38. The zero-order valence-corrected chi connectivity index (χ0v) is 11.6. The van der Waals surface area contributed by atoms with Crippen molar-refractivity contribution in [1.82, 2.24) is 5.32 Å². The fourth-order valence-corrected chi connectivity index (χ4v) is 1.43. The van der Waals surface area contributed by atoms with E-state index in [1.165, 1.54) is 25.3 Å². The molecular formula is C13H18F2N2O3. The summed E-state index contributed by atoms with van der Waals surface area (Å²) in [5, 5.41) is 2.73. The van der Waals surface area contributed by atoms with Gasteiger partial charge in [0.2, 0.25) is 0 Å². The third-order valence-corrected chi connectivity index (χ3v) is 2.60. The van der Waals surface area contributed by atoms with Crippen molar-refractivity contribution in [1.29, 1.82) is 0 Å². The smallest absolute Gasteiger partial charge is 0.387 e. The molecule has 0 atom stereocenters. The number of methoxy groups -OCH3 is 1. The van der Waals surface area contributed by atoms with Crippen LogP contribution >= 0.6 is 0 Å². The Hall–Kier alpha value is -1.89. The van der Waals surface area contributed by atoms with Gasteiger partial charge in [0, 0.05) is 17.6 Å². The van der Waals surface area contributed by atoms with Crippen molar-refractivity contribution in [2.45, 2.75) is 26.0 Å². The Labute approximate surface area is 116 Å². The molecule has 0 aliphatic rings. The van der Waals surface area contributed by atoms with Gasteiger partial charge in [0.05, 0.1) is 7.11 Å². The number of hydrogen-bond acceptors (Lipinski definition) is 4. The summed E-state index contributed by atoms with van der Waals surface area (Å²) in [5.41, 5.74) is 5.23. The number of carbonyl (C=O) groups excluding carboxylic acids is 1. The molecule has 0 aliphatic heterocycles. The summed E-state index contributed by atoms with van der Waals surface area (Å²) in [5.74, 6) is -0.442. The van der Waals surface area contributed by atoms with Crippen LogP contribution in [0, 0.1) is 0 Å². The van der Waals surface area contributed by atoms with Gasteiger partial charge in [-0.1, -0.05) is 0 Å². The lowest BCUT2D eigenvalue weighted by Gasteiger charge is -2.24. The minimum Gasteiger partial charge on any atom is -0.493 e. The molecule has 0 fully saturated rings. The van der Waals surface area contributed by atoms with Gasteiger partial charge in [-0.05, 0) is 32.0 Å². The van der Waals surface area contributed by atoms with Crippen LogP contribution in [0.3, 0.4) is 0 Å². The fraction of sp³-hybridized carbons (Fsp3) is 0.462. The zero-order valence-electron chi connectivity index (χ0n) is 11.6. The Morgan fingerprint density at radius 3 is 2.55 bits per heavy atom. The van der Waals surface area contributed by atoms with E-state index in [1.54, 1.807) is 13.8 Å². The second-order valence-electron chi connectivity index (χ2n) is 4.79. The highest BCUT2D eigenvalue weighted by Crippen LogP contribution is 2.29. The SMILES string of the molecule is COc1cc(C(=O)NC(C)(C)CN)ccc1OC(F)F. The van der Waals surface area contributed by atoms with Crippen LogP contribution in [0.15, 0.2) is 18.2 Å². The number of rotatable bonds is 6. The lowest BCUT2D eigenvalue weighted by molar-refractivity contribution is -0.0512. The number of alkyl halides is 2. The Balaban J connectivity index is 2.95. The second kappa shape index (κ2) is 6.51. The highest BCUT2D eigenvalue weighted by Gasteiger charge is 2.20. The molecule has 0 saturated carbocycles. The molecule has 20 heavy (non-hydrogen) atoms. The van der Waals surface area contributed by atoms with E-state index in [9.17, 15) is 13.6 Å². The molecule has 0 unspecified atom stereocenters. The summed E-state index contributed by atoms with van der Waals surface area (Å²) in [6, 6.07) is 3.97. The number of ether oxygens (including phenoxy) is 2. The maximum Gasteiger partial charge on any atom is 0.387 e. The van der Waals surface area contributed by atoms with E-state index in [2.05, 4.69) is 10.1 Å². The maximum absolute atomic E-state index is 12.2. The number of amides is 1. The number of hydrogen-bond donors (Lipinski definition) is 2. The Morgan fingerprint density at radius 1 is 1.40 bits per heavy atom. The molecule has 0 saturated heterocycles. The first-order chi connectivity index (χ1) is 9.29. The molecule has 0 spiro atoms. The predicted octanol–water partition coefficient (Wildman–Crippen LogP) is 1.76. The van der Waals surface area contributed by atoms with E-state index in [0.29, 0.717) is 0 Å². The molecule has 0 heterocycles. The van der Waals surface area contributed by atoms with Gasteiger partial charge >= 0.3 is 6.61 Å². The van der Waals surface area contributed by atoms with Crippen LogP contribution < -0.4 is 20.5 Å². The van der Waals surface area contributed by atoms with Crippen molar-refractivity contribution in [3.8, 4) is 11.5 Å². The molecule has 5 nitrogen and oxygen atoms in total. The summed E-state index contributed by atoms with van der Waals surface area (Å²) in [4.78, 5) is 12.0. The molecule has 0 aromatic heterocycles. The molecular weight excluding hydrogens is 270 g/mol. The summed E-state index contributed by atoms with van der Waals surface area (Å²) >= 11 is 0. The van der Waals surface area contributed by atoms with E-state index < -0.39 is 12.2 Å². The molecule has 0 radical (unpaired) electrons. The summed E-state index contributed by atoms with van der Waals surface area (Å²) in [7, 11) is 1.30. The molecule has 0 aliphatic carbocycles. The number of carbonyl (C=O) groups is 1. The number of halogens is 2. The zero-order chi connectivity index (χ0) is 15.3. The van der Waals surface area contributed by atoms with Crippen LogP contribution in [0.25, 0.3) is 0 Å². The van der Waals surface area contributed by atoms with E-state index in [1.807, 2.05) is 0 Å². The standard InChI is InChI=1S/C13H18F2N2O3/c1-13(2,7-16)17-11(18)8-4-5-9(20-12(14)15)10(6-8)19-3/h4-6,12H,7,16H2,1-3H3,(H,17,18). The Bertz CT molecular complexity index is 479. The molecule has 1 rings (SSSR count). The van der Waals surface area contributed by atoms with Crippen LogP contribution in [0.4, 0.5) is 8.78 Å². The Morgan fingerprint density at radius 2 is 2.05 bits per heavy atom. The van der Waals surface area contributed by atoms with Crippen LogP contribution in [0.2, 0.25) is 0 Å². The van der Waals surface area contributed by atoms with Crippen molar-refractivity contribution < 1.29 is 23.0 Å². The van der Waals surface area contributed by atoms with Gasteiger partial charge in [-0.2, -0.15) is 8.78 Å². The van der Waals surface area contributed by atoms with Gasteiger partial charge in [-0.3, -0.25) is 4.79 Å². The summed E-state index contributed by atoms with van der Waals surface area (Å²) < 4.78 is 33.6. The molecule has 1 aromatic carbocycles. The van der Waals surface area contributed by atoms with Crippen molar-refractivity contribution in [3.05, 3.63) is 23.8 Å². The fourth-order valence-electron chi connectivity index (χ4n) is 1.43. The highest BCUT2D eigenvalue weighted by molar-refractivity contribution is 5.95.